The minimum atomic E-state index is -1.01. The Morgan fingerprint density at radius 1 is 1.06 bits per heavy atom. The molecule has 0 aromatic heterocycles. The van der Waals surface area contributed by atoms with Crippen LogP contribution >= 0.6 is 0 Å². The molecule has 0 spiro atoms. The summed E-state index contributed by atoms with van der Waals surface area (Å²) in [5.41, 5.74) is -0.979. The maximum Gasteiger partial charge on any atom is 0.118 e. The Bertz CT molecular complexity index is 332. The van der Waals surface area contributed by atoms with Crippen molar-refractivity contribution in [2.75, 3.05) is 0 Å². The first-order valence-electron chi connectivity index (χ1n) is 5.42. The Labute approximate surface area is 104 Å². The van der Waals surface area contributed by atoms with Crippen LogP contribution in [0.2, 0.25) is 0 Å². The zero-order valence-corrected chi connectivity index (χ0v) is 11.1. The van der Waals surface area contributed by atoms with Crippen molar-refractivity contribution in [3.05, 3.63) is 29.6 Å². The summed E-state index contributed by atoms with van der Waals surface area (Å²) in [6.45, 7) is 8.08. The van der Waals surface area contributed by atoms with E-state index in [0.29, 0.717) is 0 Å². The van der Waals surface area contributed by atoms with Gasteiger partial charge in [0.25, 0.3) is 0 Å². The Kier molecular flexibility index (Phi) is 5.36. The summed E-state index contributed by atoms with van der Waals surface area (Å²) in [6.07, 6.45) is 0. The molecule has 0 unspecified atom stereocenters. The third-order valence-electron chi connectivity index (χ3n) is 2.77. The molecule has 0 aliphatic heterocycles. The summed E-state index contributed by atoms with van der Waals surface area (Å²) in [7, 11) is 5.31. The van der Waals surface area contributed by atoms with Crippen LogP contribution in [-0.2, 0) is 0 Å². The lowest BCUT2D eigenvalue weighted by Crippen LogP contribution is -2.44. The molecule has 94 valence electrons. The standard InChI is InChI=1S/C7H6BF.C6H14O2/c1-5-3-2-4-6(9)7(5)8;1-5(2,7)6(3,4)8/h2-4H,1H3;7-8H,1-4H3. The first kappa shape index (κ1) is 16.1. The van der Waals surface area contributed by atoms with E-state index in [1.54, 1.807) is 46.8 Å². The van der Waals surface area contributed by atoms with Gasteiger partial charge >= 0.3 is 0 Å². The van der Waals surface area contributed by atoms with Crippen LogP contribution < -0.4 is 5.46 Å². The molecular weight excluding hydrogens is 218 g/mol. The third kappa shape index (κ3) is 5.33. The number of aliphatic hydroxyl groups is 2. The molecule has 0 amide bonds. The summed E-state index contributed by atoms with van der Waals surface area (Å²) >= 11 is 0. The van der Waals surface area contributed by atoms with Gasteiger partial charge in [0.05, 0.1) is 11.2 Å². The zero-order valence-electron chi connectivity index (χ0n) is 11.1. The van der Waals surface area contributed by atoms with E-state index in [-0.39, 0.29) is 11.3 Å². The molecule has 0 saturated carbocycles. The monoisotopic (exact) mass is 238 g/mol. The van der Waals surface area contributed by atoms with Gasteiger partial charge in [0.1, 0.15) is 13.7 Å². The molecule has 2 nitrogen and oxygen atoms in total. The minimum Gasteiger partial charge on any atom is -0.387 e. The quantitative estimate of drug-likeness (QED) is 0.727. The second kappa shape index (κ2) is 5.65. The Hall–Kier alpha value is -0.865. The van der Waals surface area contributed by atoms with E-state index in [4.69, 9.17) is 18.1 Å². The van der Waals surface area contributed by atoms with E-state index in [2.05, 4.69) is 0 Å². The van der Waals surface area contributed by atoms with Crippen LogP contribution in [-0.4, -0.2) is 29.3 Å². The fourth-order valence-corrected chi connectivity index (χ4v) is 0.645. The summed E-state index contributed by atoms with van der Waals surface area (Å²) in [6, 6.07) is 4.77. The Morgan fingerprint density at radius 3 is 1.71 bits per heavy atom. The summed E-state index contributed by atoms with van der Waals surface area (Å²) < 4.78 is 12.5. The average molecular weight is 238 g/mol. The summed E-state index contributed by atoms with van der Waals surface area (Å²) in [5.74, 6) is -0.338. The number of hydrogen-bond acceptors (Lipinski definition) is 2. The van der Waals surface area contributed by atoms with Crippen molar-refractivity contribution < 1.29 is 14.6 Å². The molecule has 0 bridgehead atoms. The van der Waals surface area contributed by atoms with Crippen molar-refractivity contribution in [2.24, 2.45) is 0 Å². The minimum absolute atomic E-state index is 0.248. The highest BCUT2D eigenvalue weighted by molar-refractivity contribution is 6.33. The second-order valence-electron chi connectivity index (χ2n) is 5.09. The maximum absolute atomic E-state index is 12.5. The Balaban J connectivity index is 0.000000304. The number of aryl methyl sites for hydroxylation is 1. The first-order chi connectivity index (χ1) is 7.47. The van der Waals surface area contributed by atoms with E-state index in [0.717, 1.165) is 5.56 Å². The Morgan fingerprint density at radius 2 is 1.47 bits per heavy atom. The third-order valence-corrected chi connectivity index (χ3v) is 2.77. The van der Waals surface area contributed by atoms with Crippen molar-refractivity contribution in [2.45, 2.75) is 45.8 Å². The van der Waals surface area contributed by atoms with Gasteiger partial charge in [0, 0.05) is 0 Å². The summed E-state index contributed by atoms with van der Waals surface area (Å²) in [5, 5.41) is 18.2. The SMILES string of the molecule is CC(C)(O)C(C)(C)O.[B]c1c(C)cccc1F. The van der Waals surface area contributed by atoms with Gasteiger partial charge in [0.2, 0.25) is 0 Å². The highest BCUT2D eigenvalue weighted by Gasteiger charge is 2.31. The van der Waals surface area contributed by atoms with E-state index in [1.165, 1.54) is 6.07 Å². The smallest absolute Gasteiger partial charge is 0.118 e. The lowest BCUT2D eigenvalue weighted by Gasteiger charge is -2.31. The highest BCUT2D eigenvalue weighted by Crippen LogP contribution is 2.19. The highest BCUT2D eigenvalue weighted by atomic mass is 19.1. The zero-order chi connectivity index (χ0) is 13.9. The lowest BCUT2D eigenvalue weighted by molar-refractivity contribution is -0.107. The molecule has 0 aliphatic carbocycles. The van der Waals surface area contributed by atoms with Crippen LogP contribution in [0.1, 0.15) is 33.3 Å². The second-order valence-corrected chi connectivity index (χ2v) is 5.09. The molecule has 2 N–H and O–H groups in total. The number of halogens is 1. The lowest BCUT2D eigenvalue weighted by atomic mass is 9.90. The van der Waals surface area contributed by atoms with Crippen LogP contribution in [0.5, 0.6) is 0 Å². The van der Waals surface area contributed by atoms with Crippen LogP contribution in [0.25, 0.3) is 0 Å². The maximum atomic E-state index is 12.5. The first-order valence-corrected chi connectivity index (χ1v) is 5.42. The van der Waals surface area contributed by atoms with Crippen LogP contribution in [0.4, 0.5) is 4.39 Å². The topological polar surface area (TPSA) is 40.5 Å². The van der Waals surface area contributed by atoms with E-state index in [9.17, 15) is 4.39 Å². The van der Waals surface area contributed by atoms with Gasteiger partial charge in [-0.3, -0.25) is 0 Å². The summed E-state index contributed by atoms with van der Waals surface area (Å²) in [4.78, 5) is 0. The van der Waals surface area contributed by atoms with Crippen molar-refractivity contribution in [3.63, 3.8) is 0 Å². The predicted molar refractivity (Wildman–Crippen MR) is 69.1 cm³/mol. The molecule has 2 radical (unpaired) electrons. The average Bonchev–Trinajstić information content (AvgIpc) is 2.12. The molecule has 0 aliphatic rings. The molecule has 0 saturated heterocycles. The molecule has 1 rings (SSSR count). The molecule has 0 heterocycles. The number of benzene rings is 1. The van der Waals surface area contributed by atoms with Gasteiger partial charge in [-0.2, -0.15) is 0 Å². The van der Waals surface area contributed by atoms with Gasteiger partial charge < -0.3 is 10.2 Å². The van der Waals surface area contributed by atoms with Crippen molar-refractivity contribution in [1.82, 2.24) is 0 Å². The molecular formula is C13H20BFO2. The number of hydrogen-bond donors (Lipinski definition) is 2. The van der Waals surface area contributed by atoms with Gasteiger partial charge in [-0.15, -0.1) is 0 Å². The molecule has 4 heteroatoms. The predicted octanol–water partition coefficient (Wildman–Crippen LogP) is 1.46. The van der Waals surface area contributed by atoms with Gasteiger partial charge in [-0.25, -0.2) is 4.39 Å². The van der Waals surface area contributed by atoms with E-state index < -0.39 is 11.2 Å². The van der Waals surface area contributed by atoms with Crippen molar-refractivity contribution in [1.29, 1.82) is 0 Å². The molecule has 0 fully saturated rings. The number of rotatable bonds is 1. The van der Waals surface area contributed by atoms with Gasteiger partial charge in [-0.1, -0.05) is 23.2 Å². The van der Waals surface area contributed by atoms with Crippen molar-refractivity contribution in [3.8, 4) is 0 Å². The molecule has 17 heavy (non-hydrogen) atoms. The fourth-order valence-electron chi connectivity index (χ4n) is 0.645. The fraction of sp³-hybridized carbons (Fsp3) is 0.538. The van der Waals surface area contributed by atoms with Gasteiger partial charge in [0.15, 0.2) is 0 Å². The van der Waals surface area contributed by atoms with E-state index in [1.807, 2.05) is 0 Å². The van der Waals surface area contributed by atoms with Crippen LogP contribution in [0.15, 0.2) is 18.2 Å². The molecule has 0 atom stereocenters. The van der Waals surface area contributed by atoms with Gasteiger partial charge in [-0.05, 0) is 40.7 Å². The normalized spacial score (nSPS) is 11.8. The van der Waals surface area contributed by atoms with Crippen LogP contribution in [0.3, 0.4) is 0 Å². The van der Waals surface area contributed by atoms with E-state index >= 15 is 0 Å². The molecule has 1 aromatic carbocycles. The van der Waals surface area contributed by atoms with Crippen molar-refractivity contribution >= 4 is 13.3 Å². The van der Waals surface area contributed by atoms with Crippen LogP contribution in [0, 0.1) is 12.7 Å². The molecule has 1 aromatic rings. The largest absolute Gasteiger partial charge is 0.387 e.